The van der Waals surface area contributed by atoms with Crippen LogP contribution in [0.1, 0.15) is 52.4 Å². The van der Waals surface area contributed by atoms with Crippen molar-refractivity contribution in [1.82, 2.24) is 0 Å². The summed E-state index contributed by atoms with van der Waals surface area (Å²) in [5.41, 5.74) is 0. The van der Waals surface area contributed by atoms with E-state index in [0.717, 1.165) is 38.5 Å². The van der Waals surface area contributed by atoms with E-state index in [1.165, 1.54) is 0 Å². The maximum absolute atomic E-state index is 9.79. The number of rotatable bonds is 8. The van der Waals surface area contributed by atoms with Crippen molar-refractivity contribution in [2.24, 2.45) is 5.92 Å². The molecule has 2 heteroatoms. The molecule has 0 spiro atoms. The molecule has 0 saturated heterocycles. The molecule has 0 heterocycles. The third-order valence-corrected chi connectivity index (χ3v) is 2.52. The van der Waals surface area contributed by atoms with E-state index in [1.54, 1.807) is 0 Å². The molecule has 80 valence electrons. The smallest absolute Gasteiger partial charge is 0.0568 e. The summed E-state index contributed by atoms with van der Waals surface area (Å²) in [4.78, 5) is 0. The number of aliphatic hydroxyl groups is 2. The van der Waals surface area contributed by atoms with Crippen LogP contribution in [-0.4, -0.2) is 22.9 Å². The molecule has 0 aromatic heterocycles. The number of hydrogen-bond acceptors (Lipinski definition) is 2. The van der Waals surface area contributed by atoms with Gasteiger partial charge in [-0.05, 0) is 31.6 Å². The Morgan fingerprint density at radius 1 is 1.00 bits per heavy atom. The molecule has 0 aliphatic rings. The van der Waals surface area contributed by atoms with Crippen LogP contribution in [0.3, 0.4) is 0 Å². The van der Waals surface area contributed by atoms with Gasteiger partial charge in [-0.3, -0.25) is 0 Å². The molecule has 0 aromatic rings. The lowest BCUT2D eigenvalue weighted by Gasteiger charge is -2.21. The van der Waals surface area contributed by atoms with E-state index in [1.807, 2.05) is 0 Å². The standard InChI is InChI=1S/C11H24O2/c1-3-6-10(8-5-9-12)11(13)7-4-2/h10-13H,3-9H2,1-2H3. The first-order chi connectivity index (χ1) is 6.26. The predicted molar refractivity (Wildman–Crippen MR) is 55.6 cm³/mol. The van der Waals surface area contributed by atoms with Crippen LogP contribution in [-0.2, 0) is 0 Å². The summed E-state index contributed by atoms with van der Waals surface area (Å²) in [7, 11) is 0. The van der Waals surface area contributed by atoms with Crippen LogP contribution in [0, 0.1) is 5.92 Å². The van der Waals surface area contributed by atoms with Crippen LogP contribution in [0.25, 0.3) is 0 Å². The Labute approximate surface area is 82.0 Å². The van der Waals surface area contributed by atoms with E-state index in [0.29, 0.717) is 5.92 Å². The number of aliphatic hydroxyl groups excluding tert-OH is 2. The molecule has 0 fully saturated rings. The van der Waals surface area contributed by atoms with E-state index in [4.69, 9.17) is 5.11 Å². The van der Waals surface area contributed by atoms with Crippen LogP contribution in [0.4, 0.5) is 0 Å². The van der Waals surface area contributed by atoms with Crippen molar-refractivity contribution in [3.8, 4) is 0 Å². The summed E-state index contributed by atoms with van der Waals surface area (Å²) in [5, 5.41) is 18.5. The van der Waals surface area contributed by atoms with Crippen molar-refractivity contribution in [1.29, 1.82) is 0 Å². The maximum Gasteiger partial charge on any atom is 0.0568 e. The first kappa shape index (κ1) is 12.9. The van der Waals surface area contributed by atoms with Gasteiger partial charge in [0.25, 0.3) is 0 Å². The normalized spacial score (nSPS) is 15.7. The summed E-state index contributed by atoms with van der Waals surface area (Å²) in [5.74, 6) is 0.400. The van der Waals surface area contributed by atoms with Gasteiger partial charge in [0.2, 0.25) is 0 Å². The van der Waals surface area contributed by atoms with E-state index < -0.39 is 0 Å². The molecular weight excluding hydrogens is 164 g/mol. The second-order valence-corrected chi connectivity index (χ2v) is 3.77. The molecule has 0 aliphatic carbocycles. The van der Waals surface area contributed by atoms with Crippen LogP contribution >= 0.6 is 0 Å². The zero-order valence-corrected chi connectivity index (χ0v) is 9.00. The Bertz CT molecular complexity index is 104. The highest BCUT2D eigenvalue weighted by molar-refractivity contribution is 4.68. The van der Waals surface area contributed by atoms with Crippen molar-refractivity contribution < 1.29 is 10.2 Å². The molecule has 0 rings (SSSR count). The number of hydrogen-bond donors (Lipinski definition) is 2. The van der Waals surface area contributed by atoms with Gasteiger partial charge in [0.05, 0.1) is 6.10 Å². The maximum atomic E-state index is 9.79. The van der Waals surface area contributed by atoms with E-state index in [9.17, 15) is 5.11 Å². The molecule has 2 unspecified atom stereocenters. The lowest BCUT2D eigenvalue weighted by molar-refractivity contribution is 0.0832. The SMILES string of the molecule is CCCC(O)C(CCC)CCCO. The van der Waals surface area contributed by atoms with Crippen LogP contribution < -0.4 is 0 Å². The second kappa shape index (κ2) is 8.52. The molecule has 0 aliphatic heterocycles. The highest BCUT2D eigenvalue weighted by atomic mass is 16.3. The molecule has 0 saturated carbocycles. The van der Waals surface area contributed by atoms with Crippen molar-refractivity contribution in [2.75, 3.05) is 6.61 Å². The minimum absolute atomic E-state index is 0.156. The molecule has 2 N–H and O–H groups in total. The van der Waals surface area contributed by atoms with Crippen LogP contribution in [0.5, 0.6) is 0 Å². The fourth-order valence-corrected chi connectivity index (χ4v) is 1.78. The Kier molecular flexibility index (Phi) is 8.46. The van der Waals surface area contributed by atoms with Gasteiger partial charge in [0.1, 0.15) is 0 Å². The van der Waals surface area contributed by atoms with Gasteiger partial charge in [-0.25, -0.2) is 0 Å². The highest BCUT2D eigenvalue weighted by Crippen LogP contribution is 2.20. The second-order valence-electron chi connectivity index (χ2n) is 3.77. The lowest BCUT2D eigenvalue weighted by atomic mass is 9.90. The first-order valence-electron chi connectivity index (χ1n) is 5.55. The fraction of sp³-hybridized carbons (Fsp3) is 1.00. The van der Waals surface area contributed by atoms with E-state index in [-0.39, 0.29) is 12.7 Å². The van der Waals surface area contributed by atoms with Gasteiger partial charge in [0, 0.05) is 6.61 Å². The van der Waals surface area contributed by atoms with Gasteiger partial charge in [-0.15, -0.1) is 0 Å². The van der Waals surface area contributed by atoms with Gasteiger partial charge < -0.3 is 10.2 Å². The fourth-order valence-electron chi connectivity index (χ4n) is 1.78. The van der Waals surface area contributed by atoms with Crippen molar-refractivity contribution in [3.63, 3.8) is 0 Å². The van der Waals surface area contributed by atoms with Gasteiger partial charge >= 0.3 is 0 Å². The molecule has 0 radical (unpaired) electrons. The molecule has 0 bridgehead atoms. The Morgan fingerprint density at radius 3 is 2.08 bits per heavy atom. The van der Waals surface area contributed by atoms with E-state index in [2.05, 4.69) is 13.8 Å². The summed E-state index contributed by atoms with van der Waals surface area (Å²) < 4.78 is 0. The third kappa shape index (κ3) is 6.05. The third-order valence-electron chi connectivity index (χ3n) is 2.52. The molecule has 2 atom stereocenters. The zero-order chi connectivity index (χ0) is 10.1. The van der Waals surface area contributed by atoms with Crippen molar-refractivity contribution in [3.05, 3.63) is 0 Å². The molecule has 0 aromatic carbocycles. The molecule has 0 amide bonds. The minimum atomic E-state index is -0.156. The van der Waals surface area contributed by atoms with Crippen LogP contribution in [0.15, 0.2) is 0 Å². The Morgan fingerprint density at radius 2 is 1.62 bits per heavy atom. The Hall–Kier alpha value is -0.0800. The van der Waals surface area contributed by atoms with Crippen molar-refractivity contribution in [2.45, 2.75) is 58.5 Å². The monoisotopic (exact) mass is 188 g/mol. The predicted octanol–water partition coefficient (Wildman–Crippen LogP) is 2.34. The minimum Gasteiger partial charge on any atom is -0.396 e. The topological polar surface area (TPSA) is 40.5 Å². The van der Waals surface area contributed by atoms with Gasteiger partial charge in [-0.1, -0.05) is 26.7 Å². The highest BCUT2D eigenvalue weighted by Gasteiger charge is 2.16. The molecular formula is C11H24O2. The lowest BCUT2D eigenvalue weighted by Crippen LogP contribution is -2.20. The molecule has 2 nitrogen and oxygen atoms in total. The molecule has 13 heavy (non-hydrogen) atoms. The Balaban J connectivity index is 3.75. The summed E-state index contributed by atoms with van der Waals surface area (Å²) in [6.07, 6.45) is 5.78. The van der Waals surface area contributed by atoms with Gasteiger partial charge in [0.15, 0.2) is 0 Å². The zero-order valence-electron chi connectivity index (χ0n) is 9.00. The quantitative estimate of drug-likeness (QED) is 0.614. The van der Waals surface area contributed by atoms with Crippen molar-refractivity contribution >= 4 is 0 Å². The van der Waals surface area contributed by atoms with Gasteiger partial charge in [-0.2, -0.15) is 0 Å². The van der Waals surface area contributed by atoms with Crippen LogP contribution in [0.2, 0.25) is 0 Å². The van der Waals surface area contributed by atoms with E-state index >= 15 is 0 Å². The largest absolute Gasteiger partial charge is 0.396 e. The average molecular weight is 188 g/mol. The average Bonchev–Trinajstić information content (AvgIpc) is 2.12. The first-order valence-corrected chi connectivity index (χ1v) is 5.55. The summed E-state index contributed by atoms with van der Waals surface area (Å²) >= 11 is 0. The summed E-state index contributed by atoms with van der Waals surface area (Å²) in [6.45, 7) is 4.49. The summed E-state index contributed by atoms with van der Waals surface area (Å²) in [6, 6.07) is 0.